The van der Waals surface area contributed by atoms with Crippen LogP contribution in [0.2, 0.25) is 0 Å². The topological polar surface area (TPSA) is 127 Å². The van der Waals surface area contributed by atoms with Gasteiger partial charge in [-0.3, -0.25) is 9.59 Å². The summed E-state index contributed by atoms with van der Waals surface area (Å²) in [6, 6.07) is 11.7. The van der Waals surface area contributed by atoms with E-state index >= 15 is 0 Å². The molecular weight excluding hydrogens is 296 g/mol. The lowest BCUT2D eigenvalue weighted by Crippen LogP contribution is -2.47. The fourth-order valence-electron chi connectivity index (χ4n) is 2.24. The second kappa shape index (κ2) is 6.60. The molecule has 0 heterocycles. The van der Waals surface area contributed by atoms with Gasteiger partial charge in [0.2, 0.25) is 11.6 Å². The van der Waals surface area contributed by atoms with Gasteiger partial charge in [-0.1, -0.05) is 0 Å². The minimum Gasteiger partial charge on any atom is -0.399 e. The summed E-state index contributed by atoms with van der Waals surface area (Å²) in [6.45, 7) is -0.516. The van der Waals surface area contributed by atoms with E-state index in [1.165, 1.54) is 48.5 Å². The first-order chi connectivity index (χ1) is 10.9. The lowest BCUT2D eigenvalue weighted by atomic mass is 9.83. The van der Waals surface area contributed by atoms with E-state index in [-0.39, 0.29) is 11.1 Å². The Labute approximate surface area is 133 Å². The van der Waals surface area contributed by atoms with Gasteiger partial charge in [-0.25, -0.2) is 0 Å². The molecule has 6 heteroatoms. The highest BCUT2D eigenvalue weighted by Gasteiger charge is 2.43. The maximum Gasteiger partial charge on any atom is 0.202 e. The number of nitrogen functional groups attached to an aromatic ring is 2. The summed E-state index contributed by atoms with van der Waals surface area (Å²) in [6.07, 6.45) is -0.403. The van der Waals surface area contributed by atoms with Crippen LogP contribution in [-0.2, 0) is 0 Å². The van der Waals surface area contributed by atoms with E-state index in [2.05, 4.69) is 0 Å². The summed E-state index contributed by atoms with van der Waals surface area (Å²) >= 11 is 0. The zero-order valence-corrected chi connectivity index (χ0v) is 12.4. The van der Waals surface area contributed by atoms with Crippen molar-refractivity contribution in [1.29, 1.82) is 0 Å². The summed E-state index contributed by atoms with van der Waals surface area (Å²) in [4.78, 5) is 25.2. The molecule has 0 atom stereocenters. The van der Waals surface area contributed by atoms with Crippen LogP contribution in [0.15, 0.2) is 48.5 Å². The fourth-order valence-corrected chi connectivity index (χ4v) is 2.24. The van der Waals surface area contributed by atoms with Crippen LogP contribution in [0.25, 0.3) is 0 Å². The van der Waals surface area contributed by atoms with Crippen LogP contribution >= 0.6 is 0 Å². The molecule has 0 radical (unpaired) electrons. The minimum atomic E-state index is -2.35. The maximum absolute atomic E-state index is 12.6. The molecule has 6 nitrogen and oxygen atoms in total. The Hall–Kier alpha value is -2.70. The molecule has 120 valence electrons. The van der Waals surface area contributed by atoms with Crippen LogP contribution in [0.4, 0.5) is 11.4 Å². The predicted molar refractivity (Wildman–Crippen MR) is 87.0 cm³/mol. The van der Waals surface area contributed by atoms with Crippen molar-refractivity contribution in [1.82, 2.24) is 0 Å². The highest BCUT2D eigenvalue weighted by atomic mass is 16.3. The molecule has 0 amide bonds. The van der Waals surface area contributed by atoms with Crippen molar-refractivity contribution < 1.29 is 19.8 Å². The molecule has 23 heavy (non-hydrogen) atoms. The monoisotopic (exact) mass is 314 g/mol. The first kappa shape index (κ1) is 16.7. The SMILES string of the molecule is Nc1ccc(C(=O)C(O)(CCO)C(=O)c2ccc(N)cc2)cc1. The molecule has 0 aliphatic rings. The Morgan fingerprint density at radius 2 is 1.17 bits per heavy atom. The van der Waals surface area contributed by atoms with Gasteiger partial charge < -0.3 is 21.7 Å². The number of aliphatic hydroxyl groups is 2. The summed E-state index contributed by atoms with van der Waals surface area (Å²) in [5, 5.41) is 19.8. The lowest BCUT2D eigenvalue weighted by Gasteiger charge is -2.24. The number of hydrogen-bond donors (Lipinski definition) is 4. The highest BCUT2D eigenvalue weighted by Crippen LogP contribution is 2.24. The van der Waals surface area contributed by atoms with Gasteiger partial charge in [0, 0.05) is 35.5 Å². The first-order valence-electron chi connectivity index (χ1n) is 7.02. The quantitative estimate of drug-likeness (QED) is 0.358. The number of nitrogens with two attached hydrogens (primary N) is 2. The van der Waals surface area contributed by atoms with Crippen LogP contribution in [0.5, 0.6) is 0 Å². The molecule has 0 fully saturated rings. The number of ketones is 2. The number of benzene rings is 2. The number of rotatable bonds is 6. The summed E-state index contributed by atoms with van der Waals surface area (Å²) in [5.41, 5.74) is 9.97. The van der Waals surface area contributed by atoms with Crippen LogP contribution in [0.1, 0.15) is 27.1 Å². The number of carbonyl (C=O) groups is 2. The average Bonchev–Trinajstić information content (AvgIpc) is 2.55. The summed E-state index contributed by atoms with van der Waals surface area (Å²) in [7, 11) is 0. The van der Waals surface area contributed by atoms with Crippen molar-refractivity contribution in [2.45, 2.75) is 12.0 Å². The van der Waals surface area contributed by atoms with Crippen LogP contribution in [-0.4, -0.2) is 34.0 Å². The van der Waals surface area contributed by atoms with E-state index < -0.39 is 30.2 Å². The molecule has 6 N–H and O–H groups in total. The van der Waals surface area contributed by atoms with Crippen LogP contribution in [0, 0.1) is 0 Å². The van der Waals surface area contributed by atoms with Gasteiger partial charge in [-0.2, -0.15) is 0 Å². The van der Waals surface area contributed by atoms with Crippen molar-refractivity contribution in [3.63, 3.8) is 0 Å². The van der Waals surface area contributed by atoms with E-state index in [0.29, 0.717) is 11.4 Å². The Morgan fingerprint density at radius 1 is 0.826 bits per heavy atom. The first-order valence-corrected chi connectivity index (χ1v) is 7.02. The van der Waals surface area contributed by atoms with E-state index in [4.69, 9.17) is 11.5 Å². The van der Waals surface area contributed by atoms with Gasteiger partial charge in [-0.15, -0.1) is 0 Å². The maximum atomic E-state index is 12.6. The average molecular weight is 314 g/mol. The second-order valence-electron chi connectivity index (χ2n) is 5.24. The van der Waals surface area contributed by atoms with Gasteiger partial charge in [-0.05, 0) is 48.5 Å². The molecule has 2 aromatic rings. The third kappa shape index (κ3) is 3.39. The predicted octanol–water partition coefficient (Wildman–Crippen LogP) is 1.03. The van der Waals surface area contributed by atoms with Crippen molar-refractivity contribution in [3.05, 3.63) is 59.7 Å². The lowest BCUT2D eigenvalue weighted by molar-refractivity contribution is 0.0200. The molecule has 0 saturated heterocycles. The highest BCUT2D eigenvalue weighted by molar-refractivity contribution is 6.22. The Morgan fingerprint density at radius 3 is 1.48 bits per heavy atom. The molecule has 0 bridgehead atoms. The molecule has 0 aromatic heterocycles. The summed E-state index contributed by atoms with van der Waals surface area (Å²) < 4.78 is 0. The van der Waals surface area contributed by atoms with Gasteiger partial charge in [0.1, 0.15) is 0 Å². The van der Waals surface area contributed by atoms with Crippen LogP contribution in [0.3, 0.4) is 0 Å². The number of aliphatic hydroxyl groups excluding tert-OH is 1. The smallest absolute Gasteiger partial charge is 0.202 e. The fraction of sp³-hybridized carbons (Fsp3) is 0.176. The Balaban J connectivity index is 2.41. The largest absolute Gasteiger partial charge is 0.399 e. The Kier molecular flexibility index (Phi) is 4.78. The zero-order valence-electron chi connectivity index (χ0n) is 12.4. The molecule has 2 aromatic carbocycles. The van der Waals surface area contributed by atoms with Gasteiger partial charge in [0.25, 0.3) is 0 Å². The number of anilines is 2. The van der Waals surface area contributed by atoms with E-state index in [0.717, 1.165) is 0 Å². The van der Waals surface area contributed by atoms with Gasteiger partial charge >= 0.3 is 0 Å². The normalized spacial score (nSPS) is 11.2. The van der Waals surface area contributed by atoms with Crippen molar-refractivity contribution in [3.8, 4) is 0 Å². The van der Waals surface area contributed by atoms with Gasteiger partial charge in [0.05, 0.1) is 0 Å². The van der Waals surface area contributed by atoms with E-state index in [1.54, 1.807) is 0 Å². The molecular formula is C17H18N2O4. The minimum absolute atomic E-state index is 0.138. The molecule has 0 unspecified atom stereocenters. The van der Waals surface area contributed by atoms with Gasteiger partial charge in [0.15, 0.2) is 5.60 Å². The number of Topliss-reactive ketones (excluding diaryl/α,β-unsaturated/α-hetero) is 2. The van der Waals surface area contributed by atoms with Crippen molar-refractivity contribution in [2.24, 2.45) is 0 Å². The third-order valence-corrected chi connectivity index (χ3v) is 3.57. The Bertz CT molecular complexity index is 651. The van der Waals surface area contributed by atoms with Crippen molar-refractivity contribution >= 4 is 22.9 Å². The molecule has 2 rings (SSSR count). The molecule has 0 saturated carbocycles. The number of hydrogen-bond acceptors (Lipinski definition) is 6. The van der Waals surface area contributed by atoms with E-state index in [9.17, 15) is 19.8 Å². The molecule has 0 aliphatic heterocycles. The molecule has 0 aliphatic carbocycles. The second-order valence-corrected chi connectivity index (χ2v) is 5.24. The van der Waals surface area contributed by atoms with Crippen LogP contribution < -0.4 is 11.5 Å². The number of carbonyl (C=O) groups excluding carboxylic acids is 2. The van der Waals surface area contributed by atoms with Crippen molar-refractivity contribution in [2.75, 3.05) is 18.1 Å². The molecule has 0 spiro atoms. The standard InChI is InChI=1S/C17H18N2O4/c18-13-5-1-11(2-6-13)15(21)17(23,9-10-20)16(22)12-3-7-14(19)8-4-12/h1-8,20,23H,9-10,18-19H2. The third-order valence-electron chi connectivity index (χ3n) is 3.57. The van der Waals surface area contributed by atoms with E-state index in [1.807, 2.05) is 0 Å². The summed E-state index contributed by atoms with van der Waals surface area (Å²) in [5.74, 6) is -1.57. The zero-order chi connectivity index (χ0) is 17.0.